The van der Waals surface area contributed by atoms with E-state index in [9.17, 15) is 19.8 Å². The number of amides is 1. The quantitative estimate of drug-likeness (QED) is 0.266. The number of rotatable bonds is 9. The maximum absolute atomic E-state index is 12.9. The highest BCUT2D eigenvalue weighted by Crippen LogP contribution is 2.40. The van der Waals surface area contributed by atoms with Crippen molar-refractivity contribution < 1.29 is 29.3 Å². The minimum Gasteiger partial charge on any atom is -0.508 e. The second kappa shape index (κ2) is 10.3. The molecule has 1 unspecified atom stereocenters. The summed E-state index contributed by atoms with van der Waals surface area (Å²) in [6.07, 6.45) is 1.97. The van der Waals surface area contributed by atoms with Crippen molar-refractivity contribution in [3.8, 4) is 11.5 Å². The molecule has 1 saturated heterocycles. The number of phenolic OH excluding ortho intramolecular Hbond substituents is 1. The van der Waals surface area contributed by atoms with E-state index in [2.05, 4.69) is 6.92 Å². The van der Waals surface area contributed by atoms with Crippen LogP contribution < -0.4 is 4.74 Å². The molecule has 1 aliphatic rings. The molecule has 2 aromatic carbocycles. The summed E-state index contributed by atoms with van der Waals surface area (Å²) >= 11 is 0. The molecule has 7 heteroatoms. The van der Waals surface area contributed by atoms with Gasteiger partial charge in [0, 0.05) is 19.2 Å². The van der Waals surface area contributed by atoms with E-state index < -0.39 is 17.7 Å². The van der Waals surface area contributed by atoms with Crippen molar-refractivity contribution in [3.05, 3.63) is 64.7 Å². The van der Waals surface area contributed by atoms with E-state index >= 15 is 0 Å². The number of nitrogens with zero attached hydrogens (tertiary/aromatic N) is 1. The molecule has 7 nitrogen and oxygen atoms in total. The lowest BCUT2D eigenvalue weighted by Crippen LogP contribution is -2.32. The van der Waals surface area contributed by atoms with Crippen LogP contribution in [-0.4, -0.2) is 53.7 Å². The molecule has 2 N–H and O–H groups in total. The van der Waals surface area contributed by atoms with E-state index in [0.717, 1.165) is 18.4 Å². The molecule has 1 heterocycles. The predicted molar refractivity (Wildman–Crippen MR) is 121 cm³/mol. The molecule has 1 aliphatic heterocycles. The molecular weight excluding hydrogens is 410 g/mol. The Bertz CT molecular complexity index is 1010. The Kier molecular flexibility index (Phi) is 7.53. The highest BCUT2D eigenvalue weighted by molar-refractivity contribution is 6.46. The average molecular weight is 440 g/mol. The molecule has 0 aromatic heterocycles. The molecule has 170 valence electrons. The number of likely N-dealkylation sites (tertiary alicyclic amines) is 1. The number of carbonyl (C=O) groups excluding carboxylic acids is 2. The van der Waals surface area contributed by atoms with Crippen LogP contribution in [0, 0.1) is 6.92 Å². The van der Waals surface area contributed by atoms with Crippen LogP contribution in [0.3, 0.4) is 0 Å². The van der Waals surface area contributed by atoms with E-state index in [4.69, 9.17) is 9.47 Å². The Morgan fingerprint density at radius 1 is 1.09 bits per heavy atom. The number of ether oxygens (including phenoxy) is 2. The number of phenols is 1. The molecule has 0 aliphatic carbocycles. The van der Waals surface area contributed by atoms with Crippen molar-refractivity contribution in [2.45, 2.75) is 32.7 Å². The first-order chi connectivity index (χ1) is 15.4. The Morgan fingerprint density at radius 3 is 2.44 bits per heavy atom. The minimum absolute atomic E-state index is 0.0100. The lowest BCUT2D eigenvalue weighted by atomic mass is 9.94. The molecule has 3 rings (SSSR count). The fourth-order valence-corrected chi connectivity index (χ4v) is 3.74. The van der Waals surface area contributed by atoms with Gasteiger partial charge in [-0.3, -0.25) is 9.59 Å². The summed E-state index contributed by atoms with van der Waals surface area (Å²) < 4.78 is 10.9. The summed E-state index contributed by atoms with van der Waals surface area (Å²) in [5.74, 6) is -0.914. The molecule has 0 bridgehead atoms. The van der Waals surface area contributed by atoms with Crippen LogP contribution >= 0.6 is 0 Å². The number of carbonyl (C=O) groups is 2. The third-order valence-corrected chi connectivity index (χ3v) is 5.49. The van der Waals surface area contributed by atoms with Gasteiger partial charge in [-0.15, -0.1) is 0 Å². The van der Waals surface area contributed by atoms with Crippen LogP contribution in [-0.2, 0) is 14.3 Å². The zero-order chi connectivity index (χ0) is 23.3. The summed E-state index contributed by atoms with van der Waals surface area (Å²) in [7, 11) is 1.51. The van der Waals surface area contributed by atoms with Crippen LogP contribution in [0.25, 0.3) is 5.76 Å². The van der Waals surface area contributed by atoms with Crippen LogP contribution in [0.5, 0.6) is 11.5 Å². The number of methoxy groups -OCH3 is 1. The molecule has 0 saturated carbocycles. The number of benzene rings is 2. The summed E-state index contributed by atoms with van der Waals surface area (Å²) in [6.45, 7) is 4.99. The number of aliphatic hydroxyl groups excluding tert-OH is 1. The second-order valence-corrected chi connectivity index (χ2v) is 7.76. The topological polar surface area (TPSA) is 96.3 Å². The van der Waals surface area contributed by atoms with Gasteiger partial charge in [0.05, 0.1) is 24.8 Å². The molecule has 0 radical (unpaired) electrons. The number of aryl methyl sites for hydroxylation is 1. The summed E-state index contributed by atoms with van der Waals surface area (Å²) in [5.41, 5.74) is 1.87. The third-order valence-electron chi connectivity index (χ3n) is 5.49. The standard InChI is InChI=1S/C25H29NO6/c1-4-5-13-32-20-11-8-18(15-16(20)2)23(28)21-22(17-6-9-19(27)10-7-17)26(12-14-31-3)25(30)24(21)29/h6-11,15,22,27-28H,4-5,12-14H2,1-3H3. The smallest absolute Gasteiger partial charge is 0.295 e. The van der Waals surface area contributed by atoms with E-state index in [1.807, 2.05) is 6.92 Å². The van der Waals surface area contributed by atoms with E-state index in [1.165, 1.54) is 24.1 Å². The fraction of sp³-hybridized carbons (Fsp3) is 0.360. The Morgan fingerprint density at radius 2 is 1.81 bits per heavy atom. The van der Waals surface area contributed by atoms with Gasteiger partial charge in [0.25, 0.3) is 11.7 Å². The number of aromatic hydroxyl groups is 1. The predicted octanol–water partition coefficient (Wildman–Crippen LogP) is 3.95. The van der Waals surface area contributed by atoms with Gasteiger partial charge in [-0.25, -0.2) is 0 Å². The van der Waals surface area contributed by atoms with Crippen LogP contribution in [0.2, 0.25) is 0 Å². The van der Waals surface area contributed by atoms with Crippen molar-refractivity contribution >= 4 is 17.4 Å². The SMILES string of the molecule is CCCCOc1ccc(C(O)=C2C(=O)C(=O)N(CCOC)C2c2ccc(O)cc2)cc1C. The van der Waals surface area contributed by atoms with Gasteiger partial charge in [-0.2, -0.15) is 0 Å². The monoisotopic (exact) mass is 439 g/mol. The zero-order valence-electron chi connectivity index (χ0n) is 18.6. The number of hydrogen-bond acceptors (Lipinski definition) is 6. The lowest BCUT2D eigenvalue weighted by molar-refractivity contribution is -0.140. The fourth-order valence-electron chi connectivity index (χ4n) is 3.74. The first-order valence-corrected chi connectivity index (χ1v) is 10.7. The lowest BCUT2D eigenvalue weighted by Gasteiger charge is -2.25. The number of hydrogen-bond donors (Lipinski definition) is 2. The van der Waals surface area contributed by atoms with Gasteiger partial charge in [-0.05, 0) is 54.8 Å². The number of ketones is 1. The molecule has 1 fully saturated rings. The van der Waals surface area contributed by atoms with E-state index in [1.54, 1.807) is 30.3 Å². The van der Waals surface area contributed by atoms with Crippen molar-refractivity contribution in [1.29, 1.82) is 0 Å². The van der Waals surface area contributed by atoms with Gasteiger partial charge in [0.2, 0.25) is 0 Å². The normalized spacial score (nSPS) is 17.7. The summed E-state index contributed by atoms with van der Waals surface area (Å²) in [6, 6.07) is 10.6. The van der Waals surface area contributed by atoms with Crippen LogP contribution in [0.15, 0.2) is 48.0 Å². The number of aliphatic hydroxyl groups is 1. The largest absolute Gasteiger partial charge is 0.508 e. The first kappa shape index (κ1) is 23.3. The Balaban J connectivity index is 2.04. The molecular formula is C25H29NO6. The summed E-state index contributed by atoms with van der Waals surface area (Å²) in [5, 5.41) is 20.8. The molecule has 1 atom stereocenters. The first-order valence-electron chi connectivity index (χ1n) is 10.7. The van der Waals surface area contributed by atoms with Crippen LogP contribution in [0.4, 0.5) is 0 Å². The van der Waals surface area contributed by atoms with Crippen molar-refractivity contribution in [2.24, 2.45) is 0 Å². The van der Waals surface area contributed by atoms with Gasteiger partial charge in [-0.1, -0.05) is 25.5 Å². The molecule has 1 amide bonds. The van der Waals surface area contributed by atoms with Crippen molar-refractivity contribution in [1.82, 2.24) is 4.90 Å². The van der Waals surface area contributed by atoms with Crippen molar-refractivity contribution in [2.75, 3.05) is 26.9 Å². The third kappa shape index (κ3) is 4.78. The summed E-state index contributed by atoms with van der Waals surface area (Å²) in [4.78, 5) is 27.1. The van der Waals surface area contributed by atoms with Gasteiger partial charge in [0.15, 0.2) is 0 Å². The zero-order valence-corrected chi connectivity index (χ0v) is 18.6. The van der Waals surface area contributed by atoms with E-state index in [-0.39, 0.29) is 30.2 Å². The van der Waals surface area contributed by atoms with Crippen LogP contribution in [0.1, 0.15) is 42.5 Å². The average Bonchev–Trinajstić information content (AvgIpc) is 3.03. The minimum atomic E-state index is -0.786. The number of unbranched alkanes of at least 4 members (excludes halogenated alkanes) is 1. The molecule has 2 aromatic rings. The highest BCUT2D eigenvalue weighted by atomic mass is 16.5. The molecule has 32 heavy (non-hydrogen) atoms. The Labute approximate surface area is 187 Å². The van der Waals surface area contributed by atoms with Gasteiger partial charge >= 0.3 is 0 Å². The number of Topliss-reactive ketones (excluding diaryl/α,β-unsaturated/α-hetero) is 1. The van der Waals surface area contributed by atoms with Gasteiger partial charge in [0.1, 0.15) is 17.3 Å². The molecule has 0 spiro atoms. The highest BCUT2D eigenvalue weighted by Gasteiger charge is 2.45. The van der Waals surface area contributed by atoms with Crippen molar-refractivity contribution in [3.63, 3.8) is 0 Å². The van der Waals surface area contributed by atoms with E-state index in [0.29, 0.717) is 23.5 Å². The maximum atomic E-state index is 12.9. The van der Waals surface area contributed by atoms with Gasteiger partial charge < -0.3 is 24.6 Å². The Hall–Kier alpha value is -3.32. The maximum Gasteiger partial charge on any atom is 0.295 e. The second-order valence-electron chi connectivity index (χ2n) is 7.76.